The van der Waals surface area contributed by atoms with Gasteiger partial charge in [0.05, 0.1) is 0 Å². The molecule has 0 saturated carbocycles. The van der Waals surface area contributed by atoms with Crippen molar-refractivity contribution >= 4 is 27.1 Å². The molecule has 4 nitrogen and oxygen atoms in total. The number of rotatable bonds is 3. The second kappa shape index (κ2) is 4.15. The van der Waals surface area contributed by atoms with Crippen LogP contribution in [0.3, 0.4) is 0 Å². The lowest BCUT2D eigenvalue weighted by molar-refractivity contribution is 0.488. The molecule has 1 heterocycles. The van der Waals surface area contributed by atoms with Gasteiger partial charge in [-0.3, -0.25) is 0 Å². The largest absolute Gasteiger partial charge is 0.399 e. The minimum atomic E-state index is -3.72. The Kier molecular flexibility index (Phi) is 2.84. The van der Waals surface area contributed by atoms with E-state index in [2.05, 4.69) is 0 Å². The Morgan fingerprint density at radius 2 is 2.00 bits per heavy atom. The normalized spacial score (nSPS) is 11.2. The van der Waals surface area contributed by atoms with Gasteiger partial charge in [-0.1, -0.05) is 12.1 Å². The molecule has 0 bridgehead atoms. The van der Waals surface area contributed by atoms with Crippen molar-refractivity contribution in [1.29, 1.82) is 0 Å². The Hall–Kier alpha value is -1.53. The predicted molar refractivity (Wildman–Crippen MR) is 63.0 cm³/mol. The van der Waals surface area contributed by atoms with Crippen molar-refractivity contribution in [2.75, 3.05) is 5.73 Å². The van der Waals surface area contributed by atoms with Crippen LogP contribution in [0.15, 0.2) is 46.0 Å². The van der Waals surface area contributed by atoms with Crippen molar-refractivity contribution in [3.8, 4) is 5.75 Å². The maximum atomic E-state index is 11.7. The Balaban J connectivity index is 2.29. The van der Waals surface area contributed by atoms with E-state index in [-0.39, 0.29) is 9.96 Å². The first kappa shape index (κ1) is 11.0. The molecule has 0 fully saturated rings. The average Bonchev–Trinajstić information content (AvgIpc) is 2.69. The molecule has 2 N–H and O–H groups in total. The molecule has 6 heteroatoms. The van der Waals surface area contributed by atoms with Gasteiger partial charge in [0.1, 0.15) is 5.75 Å². The van der Waals surface area contributed by atoms with Crippen LogP contribution in [-0.2, 0) is 10.1 Å². The lowest BCUT2D eigenvalue weighted by Crippen LogP contribution is -2.07. The lowest BCUT2D eigenvalue weighted by atomic mass is 10.3. The molecule has 16 heavy (non-hydrogen) atoms. The van der Waals surface area contributed by atoms with Gasteiger partial charge in [-0.15, -0.1) is 11.3 Å². The van der Waals surface area contributed by atoms with E-state index in [1.165, 1.54) is 12.1 Å². The molecule has 84 valence electrons. The van der Waals surface area contributed by atoms with Crippen molar-refractivity contribution in [2.45, 2.75) is 4.21 Å². The number of hydrogen-bond acceptors (Lipinski definition) is 5. The van der Waals surface area contributed by atoms with Gasteiger partial charge in [-0.2, -0.15) is 8.42 Å². The van der Waals surface area contributed by atoms with Crippen LogP contribution < -0.4 is 9.92 Å². The fourth-order valence-electron chi connectivity index (χ4n) is 1.14. The molecular formula is C10H9NO3S2. The van der Waals surface area contributed by atoms with Crippen molar-refractivity contribution in [1.82, 2.24) is 0 Å². The lowest BCUT2D eigenvalue weighted by Gasteiger charge is -2.05. The van der Waals surface area contributed by atoms with Crippen LogP contribution in [0.2, 0.25) is 0 Å². The van der Waals surface area contributed by atoms with Gasteiger partial charge in [0.2, 0.25) is 0 Å². The molecule has 0 aliphatic heterocycles. The molecule has 0 aliphatic rings. The third kappa shape index (κ3) is 2.34. The van der Waals surface area contributed by atoms with Gasteiger partial charge in [-0.25, -0.2) is 0 Å². The summed E-state index contributed by atoms with van der Waals surface area (Å²) in [6.07, 6.45) is 0. The highest BCUT2D eigenvalue weighted by Gasteiger charge is 2.17. The molecular weight excluding hydrogens is 246 g/mol. The van der Waals surface area contributed by atoms with Crippen LogP contribution in [0.5, 0.6) is 5.75 Å². The Morgan fingerprint density at radius 3 is 2.62 bits per heavy atom. The second-order valence-electron chi connectivity index (χ2n) is 3.04. The molecule has 1 aromatic heterocycles. The molecule has 0 spiro atoms. The fourth-order valence-corrected chi connectivity index (χ4v) is 3.01. The summed E-state index contributed by atoms with van der Waals surface area (Å²) in [6.45, 7) is 0. The minimum Gasteiger partial charge on any atom is -0.399 e. The zero-order valence-electron chi connectivity index (χ0n) is 8.16. The van der Waals surface area contributed by atoms with Crippen molar-refractivity contribution in [3.63, 3.8) is 0 Å². The fraction of sp³-hybridized carbons (Fsp3) is 0. The first-order chi connectivity index (χ1) is 7.58. The molecule has 2 aromatic rings. The van der Waals surface area contributed by atoms with Crippen molar-refractivity contribution in [3.05, 3.63) is 41.8 Å². The van der Waals surface area contributed by atoms with Gasteiger partial charge >= 0.3 is 10.1 Å². The number of hydrogen-bond donors (Lipinski definition) is 1. The number of nitrogens with two attached hydrogens (primary N) is 1. The number of anilines is 1. The van der Waals surface area contributed by atoms with Crippen LogP contribution in [0, 0.1) is 0 Å². The highest BCUT2D eigenvalue weighted by molar-refractivity contribution is 7.89. The number of nitrogen functional groups attached to an aromatic ring is 1. The van der Waals surface area contributed by atoms with Gasteiger partial charge in [0.15, 0.2) is 4.21 Å². The van der Waals surface area contributed by atoms with Gasteiger partial charge in [0, 0.05) is 11.8 Å². The minimum absolute atomic E-state index is 0.176. The maximum absolute atomic E-state index is 11.7. The zero-order chi connectivity index (χ0) is 11.6. The Labute approximate surface area is 97.4 Å². The Bertz CT molecular complexity index is 576. The first-order valence-corrected chi connectivity index (χ1v) is 6.70. The smallest absolute Gasteiger partial charge is 0.348 e. The quantitative estimate of drug-likeness (QED) is 0.673. The molecule has 2 rings (SSSR count). The maximum Gasteiger partial charge on any atom is 0.348 e. The highest BCUT2D eigenvalue weighted by atomic mass is 32.3. The van der Waals surface area contributed by atoms with Crippen LogP contribution in [0.1, 0.15) is 0 Å². The van der Waals surface area contributed by atoms with E-state index >= 15 is 0 Å². The summed E-state index contributed by atoms with van der Waals surface area (Å²) in [5, 5.41) is 1.68. The summed E-state index contributed by atoms with van der Waals surface area (Å²) in [5.74, 6) is 0.216. The van der Waals surface area contributed by atoms with E-state index in [9.17, 15) is 8.42 Å². The van der Waals surface area contributed by atoms with E-state index in [1.54, 1.807) is 29.6 Å². The third-order valence-corrected chi connectivity index (χ3v) is 4.41. The van der Waals surface area contributed by atoms with E-state index in [4.69, 9.17) is 9.92 Å². The third-order valence-electron chi connectivity index (χ3n) is 1.81. The monoisotopic (exact) mass is 255 g/mol. The van der Waals surface area contributed by atoms with Gasteiger partial charge < -0.3 is 9.92 Å². The van der Waals surface area contributed by atoms with Crippen LogP contribution >= 0.6 is 11.3 Å². The molecule has 0 radical (unpaired) electrons. The molecule has 0 unspecified atom stereocenters. The average molecular weight is 255 g/mol. The summed E-state index contributed by atoms with van der Waals surface area (Å²) in [5.41, 5.74) is 5.98. The van der Waals surface area contributed by atoms with Crippen LogP contribution in [0.25, 0.3) is 0 Å². The van der Waals surface area contributed by atoms with E-state index in [0.29, 0.717) is 5.69 Å². The van der Waals surface area contributed by atoms with Gasteiger partial charge in [0.25, 0.3) is 0 Å². The molecule has 0 aliphatic carbocycles. The summed E-state index contributed by atoms with van der Waals surface area (Å²) in [7, 11) is -3.72. The van der Waals surface area contributed by atoms with E-state index in [1.807, 2.05) is 0 Å². The van der Waals surface area contributed by atoms with E-state index < -0.39 is 10.1 Å². The SMILES string of the molecule is Nc1cccc(OS(=O)(=O)c2cccs2)c1. The highest BCUT2D eigenvalue weighted by Crippen LogP contribution is 2.23. The summed E-state index contributed by atoms with van der Waals surface area (Å²) < 4.78 is 28.5. The topological polar surface area (TPSA) is 69.4 Å². The molecule has 0 amide bonds. The number of benzene rings is 1. The van der Waals surface area contributed by atoms with Crippen molar-refractivity contribution in [2.24, 2.45) is 0 Å². The zero-order valence-corrected chi connectivity index (χ0v) is 9.79. The molecule has 0 saturated heterocycles. The van der Waals surface area contributed by atoms with Crippen LogP contribution in [-0.4, -0.2) is 8.42 Å². The number of thiophene rings is 1. The van der Waals surface area contributed by atoms with Crippen LogP contribution in [0.4, 0.5) is 5.69 Å². The van der Waals surface area contributed by atoms with E-state index in [0.717, 1.165) is 11.3 Å². The molecule has 0 atom stereocenters. The van der Waals surface area contributed by atoms with Crippen molar-refractivity contribution < 1.29 is 12.6 Å². The standard InChI is InChI=1S/C10H9NO3S2/c11-8-3-1-4-9(7-8)14-16(12,13)10-5-2-6-15-10/h1-7H,11H2. The second-order valence-corrected chi connectivity index (χ2v) is 5.76. The summed E-state index contributed by atoms with van der Waals surface area (Å²) in [6, 6.07) is 9.44. The molecule has 1 aromatic carbocycles. The Morgan fingerprint density at radius 1 is 1.19 bits per heavy atom. The predicted octanol–water partition coefficient (Wildman–Crippen LogP) is 2.10. The first-order valence-electron chi connectivity index (χ1n) is 4.41. The van der Waals surface area contributed by atoms with Gasteiger partial charge in [-0.05, 0) is 23.6 Å². The summed E-state index contributed by atoms with van der Waals surface area (Å²) in [4.78, 5) is 0. The summed E-state index contributed by atoms with van der Waals surface area (Å²) >= 11 is 1.11.